The van der Waals surface area contributed by atoms with Crippen LogP contribution in [0.5, 0.6) is 0 Å². The van der Waals surface area contributed by atoms with E-state index in [9.17, 15) is 30.3 Å². The quantitative estimate of drug-likeness (QED) is 0.0298. The minimum Gasteiger partial charge on any atom is -0.394 e. The van der Waals surface area contributed by atoms with E-state index < -0.39 is 49.5 Å². The molecule has 9 heteroatoms. The number of unbranched alkanes of at least 4 members (excludes halogenated alkanes) is 19. The molecule has 1 rings (SSSR count). The molecule has 0 spiro atoms. The largest absolute Gasteiger partial charge is 0.394 e. The lowest BCUT2D eigenvalue weighted by molar-refractivity contribution is -0.302. The van der Waals surface area contributed by atoms with Crippen molar-refractivity contribution in [1.82, 2.24) is 5.32 Å². The lowest BCUT2D eigenvalue weighted by atomic mass is 9.99. The molecule has 0 aromatic carbocycles. The smallest absolute Gasteiger partial charge is 0.220 e. The molecule has 1 aliphatic heterocycles. The van der Waals surface area contributed by atoms with Gasteiger partial charge in [-0.25, -0.2) is 0 Å². The van der Waals surface area contributed by atoms with Gasteiger partial charge in [0.05, 0.1) is 25.4 Å². The highest BCUT2D eigenvalue weighted by molar-refractivity contribution is 5.76. The number of carbonyl (C=O) groups excluding carboxylic acids is 1. The van der Waals surface area contributed by atoms with Crippen LogP contribution in [0.4, 0.5) is 0 Å². The Hall–Kier alpha value is -1.59. The maximum Gasteiger partial charge on any atom is 0.220 e. The van der Waals surface area contributed by atoms with Crippen molar-refractivity contribution >= 4 is 5.91 Å². The van der Waals surface area contributed by atoms with E-state index in [0.29, 0.717) is 6.42 Å². The van der Waals surface area contributed by atoms with Gasteiger partial charge in [0.2, 0.25) is 5.91 Å². The molecule has 298 valence electrons. The number of nitrogens with one attached hydrogen (secondary N) is 1. The molecule has 0 aromatic rings. The predicted octanol–water partition coefficient (Wildman–Crippen LogP) is 7.72. The van der Waals surface area contributed by atoms with Gasteiger partial charge in [-0.2, -0.15) is 0 Å². The number of hydrogen-bond acceptors (Lipinski definition) is 8. The fraction of sp³-hybridized carbons (Fsp3) is 0.833. The van der Waals surface area contributed by atoms with Crippen LogP contribution in [0.25, 0.3) is 0 Å². The van der Waals surface area contributed by atoms with Gasteiger partial charge in [0.15, 0.2) is 6.29 Å². The zero-order valence-corrected chi connectivity index (χ0v) is 32.4. The lowest BCUT2D eigenvalue weighted by Crippen LogP contribution is -2.60. The average molecular weight is 724 g/mol. The predicted molar refractivity (Wildman–Crippen MR) is 207 cm³/mol. The van der Waals surface area contributed by atoms with Crippen LogP contribution in [-0.2, 0) is 14.3 Å². The molecule has 9 nitrogen and oxygen atoms in total. The van der Waals surface area contributed by atoms with Crippen molar-refractivity contribution in [2.45, 2.75) is 211 Å². The number of aliphatic hydroxyl groups excluding tert-OH is 5. The maximum absolute atomic E-state index is 12.9. The van der Waals surface area contributed by atoms with Gasteiger partial charge in [0, 0.05) is 6.42 Å². The second kappa shape index (κ2) is 33.0. The topological polar surface area (TPSA) is 149 Å². The van der Waals surface area contributed by atoms with E-state index in [2.05, 4.69) is 43.5 Å². The summed E-state index contributed by atoms with van der Waals surface area (Å²) in [6, 6.07) is -0.818. The highest BCUT2D eigenvalue weighted by atomic mass is 16.7. The first-order valence-electron chi connectivity index (χ1n) is 20.7. The zero-order chi connectivity index (χ0) is 37.4. The van der Waals surface area contributed by atoms with Crippen LogP contribution in [0.15, 0.2) is 36.5 Å². The SMILES string of the molecule is CCCCC/C=C/CC/C=C/[C@@H](O)[C@H](CO[C@H]1O[C@@H](CO)[C@H](O)C(O)C1O)NC(=O)CCCCCCCCCCC/C=C/CCCCCCCC. The Morgan fingerprint density at radius 1 is 0.647 bits per heavy atom. The number of allylic oxidation sites excluding steroid dienone is 5. The van der Waals surface area contributed by atoms with Crippen LogP contribution in [0, 0.1) is 0 Å². The van der Waals surface area contributed by atoms with Gasteiger partial charge in [-0.3, -0.25) is 4.79 Å². The van der Waals surface area contributed by atoms with Gasteiger partial charge in [-0.1, -0.05) is 140 Å². The van der Waals surface area contributed by atoms with Crippen molar-refractivity contribution in [2.24, 2.45) is 0 Å². The standard InChI is InChI=1S/C42H77NO8/c1-3-5-7-9-11-13-14-15-16-17-18-19-20-21-22-24-26-28-30-32-38(46)43-35(36(45)31-29-27-25-23-12-10-8-6-4-2)34-50-42-41(49)40(48)39(47)37(33-44)51-42/h12,15-16,23,29,31,35-37,39-42,44-45,47-49H,3-11,13-14,17-22,24-28,30,32-34H2,1-2H3,(H,43,46)/b16-15+,23-12+,31-29+/t35-,36+,37-,39-,40?,41?,42-/m0/s1. The van der Waals surface area contributed by atoms with Crippen LogP contribution in [-0.4, -0.2) is 87.5 Å². The lowest BCUT2D eigenvalue weighted by Gasteiger charge is -2.40. The van der Waals surface area contributed by atoms with Crippen molar-refractivity contribution in [2.75, 3.05) is 13.2 Å². The molecule has 2 unspecified atom stereocenters. The summed E-state index contributed by atoms with van der Waals surface area (Å²) in [7, 11) is 0. The number of hydrogen-bond donors (Lipinski definition) is 6. The third-order valence-electron chi connectivity index (χ3n) is 9.69. The van der Waals surface area contributed by atoms with E-state index >= 15 is 0 Å². The Morgan fingerprint density at radius 3 is 1.69 bits per heavy atom. The van der Waals surface area contributed by atoms with Crippen molar-refractivity contribution in [3.8, 4) is 0 Å². The van der Waals surface area contributed by atoms with E-state index in [4.69, 9.17) is 9.47 Å². The molecular weight excluding hydrogens is 646 g/mol. The fourth-order valence-electron chi connectivity index (χ4n) is 6.28. The first-order chi connectivity index (χ1) is 24.8. The summed E-state index contributed by atoms with van der Waals surface area (Å²) in [5.74, 6) is -0.194. The molecule has 0 aliphatic carbocycles. The second-order valence-corrected chi connectivity index (χ2v) is 14.4. The summed E-state index contributed by atoms with van der Waals surface area (Å²) in [6.07, 6.45) is 32.0. The van der Waals surface area contributed by atoms with E-state index in [1.807, 2.05) is 6.08 Å². The van der Waals surface area contributed by atoms with Crippen LogP contribution in [0.1, 0.15) is 168 Å². The Bertz CT molecular complexity index is 894. The summed E-state index contributed by atoms with van der Waals surface area (Å²) in [5, 5.41) is 53.8. The number of amides is 1. The molecule has 1 fully saturated rings. The van der Waals surface area contributed by atoms with Crippen molar-refractivity contribution in [3.05, 3.63) is 36.5 Å². The van der Waals surface area contributed by atoms with Crippen molar-refractivity contribution in [3.63, 3.8) is 0 Å². The van der Waals surface area contributed by atoms with Crippen LogP contribution < -0.4 is 5.32 Å². The normalized spacial score (nSPS) is 22.4. The second-order valence-electron chi connectivity index (χ2n) is 14.4. The molecule has 1 aliphatic rings. The van der Waals surface area contributed by atoms with Crippen molar-refractivity contribution in [1.29, 1.82) is 0 Å². The molecule has 0 aromatic heterocycles. The molecule has 0 saturated carbocycles. The van der Waals surface area contributed by atoms with E-state index in [0.717, 1.165) is 38.5 Å². The summed E-state index contributed by atoms with van der Waals surface area (Å²) in [4.78, 5) is 12.9. The van der Waals surface area contributed by atoms with Gasteiger partial charge in [-0.05, 0) is 57.8 Å². The van der Waals surface area contributed by atoms with E-state index in [1.165, 1.54) is 109 Å². The van der Waals surface area contributed by atoms with E-state index in [-0.39, 0.29) is 12.5 Å². The summed E-state index contributed by atoms with van der Waals surface area (Å²) >= 11 is 0. The Labute approximate surface area is 311 Å². The molecular formula is C42H77NO8. The molecule has 0 bridgehead atoms. The summed E-state index contributed by atoms with van der Waals surface area (Å²) in [5.41, 5.74) is 0. The van der Waals surface area contributed by atoms with Gasteiger partial charge in [-0.15, -0.1) is 0 Å². The molecule has 1 amide bonds. The molecule has 7 atom stereocenters. The highest BCUT2D eigenvalue weighted by Gasteiger charge is 2.44. The maximum atomic E-state index is 12.9. The first kappa shape index (κ1) is 47.4. The van der Waals surface area contributed by atoms with E-state index in [1.54, 1.807) is 6.08 Å². The van der Waals surface area contributed by atoms with Crippen LogP contribution in [0.2, 0.25) is 0 Å². The van der Waals surface area contributed by atoms with Crippen LogP contribution in [0.3, 0.4) is 0 Å². The highest BCUT2D eigenvalue weighted by Crippen LogP contribution is 2.22. The van der Waals surface area contributed by atoms with Gasteiger partial charge in [0.1, 0.15) is 24.4 Å². The number of rotatable bonds is 33. The summed E-state index contributed by atoms with van der Waals surface area (Å²) in [6.45, 7) is 3.68. The third kappa shape index (κ3) is 24.4. The third-order valence-corrected chi connectivity index (χ3v) is 9.69. The summed E-state index contributed by atoms with van der Waals surface area (Å²) < 4.78 is 11.1. The molecule has 1 saturated heterocycles. The van der Waals surface area contributed by atoms with Crippen molar-refractivity contribution < 1.29 is 39.8 Å². The Kier molecular flexibility index (Phi) is 30.7. The molecule has 51 heavy (non-hydrogen) atoms. The minimum atomic E-state index is -1.57. The van der Waals surface area contributed by atoms with Gasteiger partial charge >= 0.3 is 0 Å². The number of aliphatic hydroxyl groups is 5. The Morgan fingerprint density at radius 2 is 1.12 bits per heavy atom. The number of ether oxygens (including phenoxy) is 2. The molecule has 0 radical (unpaired) electrons. The monoisotopic (exact) mass is 724 g/mol. The fourth-order valence-corrected chi connectivity index (χ4v) is 6.28. The van der Waals surface area contributed by atoms with Gasteiger partial charge < -0.3 is 40.3 Å². The van der Waals surface area contributed by atoms with Gasteiger partial charge in [0.25, 0.3) is 0 Å². The first-order valence-corrected chi connectivity index (χ1v) is 20.7. The Balaban J connectivity index is 2.35. The number of carbonyl (C=O) groups is 1. The molecule has 6 N–H and O–H groups in total. The average Bonchev–Trinajstić information content (AvgIpc) is 3.13. The zero-order valence-electron chi connectivity index (χ0n) is 32.4. The van der Waals surface area contributed by atoms with Crippen LogP contribution >= 0.6 is 0 Å². The minimum absolute atomic E-state index is 0.194. The molecule has 1 heterocycles.